The molecule has 0 fully saturated rings. The number of esters is 1. The number of carbonyl (C=O) groups excluding carboxylic acids is 2. The summed E-state index contributed by atoms with van der Waals surface area (Å²) in [7, 11) is 0. The predicted octanol–water partition coefficient (Wildman–Crippen LogP) is 3.91. The molecule has 0 bridgehead atoms. The Morgan fingerprint density at radius 2 is 1.88 bits per heavy atom. The standard InChI is InChI=1S/C19H17NO4S/c1-2-13-7-9-14(10-8-13)16(21)11-23-18(22)12-25-19-20-15-5-3-4-6-17(15)24-19/h3-10H,2,11-12H2,1H3. The lowest BCUT2D eigenvalue weighted by atomic mass is 10.1. The summed E-state index contributed by atoms with van der Waals surface area (Å²) >= 11 is 1.14. The van der Waals surface area contributed by atoms with Gasteiger partial charge < -0.3 is 9.15 Å². The van der Waals surface area contributed by atoms with Crippen molar-refractivity contribution in [3.8, 4) is 0 Å². The smallest absolute Gasteiger partial charge is 0.316 e. The third-order valence-corrected chi connectivity index (χ3v) is 4.44. The fourth-order valence-corrected chi connectivity index (χ4v) is 2.87. The highest BCUT2D eigenvalue weighted by Gasteiger charge is 2.12. The van der Waals surface area contributed by atoms with E-state index in [0.717, 1.165) is 29.3 Å². The third kappa shape index (κ3) is 4.48. The molecule has 0 N–H and O–H groups in total. The molecule has 128 valence electrons. The van der Waals surface area contributed by atoms with E-state index in [2.05, 4.69) is 4.98 Å². The van der Waals surface area contributed by atoms with Crippen molar-refractivity contribution in [3.63, 3.8) is 0 Å². The summed E-state index contributed by atoms with van der Waals surface area (Å²) in [6.07, 6.45) is 0.913. The largest absolute Gasteiger partial charge is 0.457 e. The van der Waals surface area contributed by atoms with Crippen LogP contribution in [0.1, 0.15) is 22.8 Å². The van der Waals surface area contributed by atoms with Crippen molar-refractivity contribution < 1.29 is 18.7 Å². The number of nitrogens with zero attached hydrogens (tertiary/aromatic N) is 1. The van der Waals surface area contributed by atoms with Gasteiger partial charge in [-0.2, -0.15) is 0 Å². The van der Waals surface area contributed by atoms with Crippen LogP contribution in [0.2, 0.25) is 0 Å². The number of carbonyl (C=O) groups is 2. The van der Waals surface area contributed by atoms with E-state index in [1.54, 1.807) is 12.1 Å². The summed E-state index contributed by atoms with van der Waals surface area (Å²) in [6, 6.07) is 14.7. The van der Waals surface area contributed by atoms with Crippen LogP contribution < -0.4 is 0 Å². The zero-order valence-corrected chi connectivity index (χ0v) is 14.5. The summed E-state index contributed by atoms with van der Waals surface area (Å²) in [6.45, 7) is 1.78. The van der Waals surface area contributed by atoms with Crippen LogP contribution in [0.3, 0.4) is 0 Å². The number of benzene rings is 2. The number of thioether (sulfide) groups is 1. The SMILES string of the molecule is CCc1ccc(C(=O)COC(=O)CSc2nc3ccccc3o2)cc1. The summed E-state index contributed by atoms with van der Waals surface area (Å²) in [5, 5.41) is 0.402. The van der Waals surface area contributed by atoms with Crippen molar-refractivity contribution >= 4 is 34.6 Å². The number of para-hydroxylation sites is 2. The van der Waals surface area contributed by atoms with E-state index < -0.39 is 5.97 Å². The zero-order chi connectivity index (χ0) is 17.6. The maximum Gasteiger partial charge on any atom is 0.316 e. The van der Waals surface area contributed by atoms with E-state index in [-0.39, 0.29) is 18.1 Å². The van der Waals surface area contributed by atoms with Crippen molar-refractivity contribution in [1.29, 1.82) is 0 Å². The second-order valence-electron chi connectivity index (χ2n) is 5.37. The van der Waals surface area contributed by atoms with Gasteiger partial charge in [0, 0.05) is 5.56 Å². The highest BCUT2D eigenvalue weighted by molar-refractivity contribution is 7.99. The molecule has 0 atom stereocenters. The van der Waals surface area contributed by atoms with Crippen molar-refractivity contribution in [2.24, 2.45) is 0 Å². The van der Waals surface area contributed by atoms with Crippen molar-refractivity contribution in [2.45, 2.75) is 18.6 Å². The van der Waals surface area contributed by atoms with Crippen LogP contribution in [0.5, 0.6) is 0 Å². The Bertz CT molecular complexity index is 853. The van der Waals surface area contributed by atoms with Gasteiger partial charge in [-0.05, 0) is 24.1 Å². The minimum atomic E-state index is -0.481. The minimum absolute atomic E-state index is 0.0366. The summed E-state index contributed by atoms with van der Waals surface area (Å²) < 4.78 is 10.5. The lowest BCUT2D eigenvalue weighted by molar-refractivity contribution is -0.139. The molecule has 3 rings (SSSR count). The van der Waals surface area contributed by atoms with E-state index >= 15 is 0 Å². The third-order valence-electron chi connectivity index (χ3n) is 3.64. The number of oxazole rings is 1. The van der Waals surface area contributed by atoms with Gasteiger partial charge in [-0.15, -0.1) is 0 Å². The quantitative estimate of drug-likeness (QED) is 0.364. The van der Waals surface area contributed by atoms with Crippen LogP contribution in [0.4, 0.5) is 0 Å². The molecule has 1 aromatic heterocycles. The van der Waals surface area contributed by atoms with Gasteiger partial charge in [0.25, 0.3) is 5.22 Å². The Balaban J connectivity index is 1.47. The van der Waals surface area contributed by atoms with Crippen LogP contribution in [0, 0.1) is 0 Å². The average Bonchev–Trinajstić information content (AvgIpc) is 3.07. The first-order valence-corrected chi connectivity index (χ1v) is 8.90. The van der Waals surface area contributed by atoms with Gasteiger partial charge in [-0.25, -0.2) is 4.98 Å². The van der Waals surface area contributed by atoms with Crippen molar-refractivity contribution in [3.05, 3.63) is 59.7 Å². The maximum atomic E-state index is 12.0. The topological polar surface area (TPSA) is 69.4 Å². The lowest BCUT2D eigenvalue weighted by Crippen LogP contribution is -2.15. The van der Waals surface area contributed by atoms with Gasteiger partial charge in [0.05, 0.1) is 0 Å². The summed E-state index contributed by atoms with van der Waals surface area (Å²) in [5.41, 5.74) is 3.10. The first-order chi connectivity index (χ1) is 12.2. The highest BCUT2D eigenvalue weighted by atomic mass is 32.2. The number of aromatic nitrogens is 1. The lowest BCUT2D eigenvalue weighted by Gasteiger charge is -2.04. The molecule has 0 amide bonds. The average molecular weight is 355 g/mol. The normalized spacial score (nSPS) is 10.8. The molecule has 1 heterocycles. The Morgan fingerprint density at radius 1 is 1.12 bits per heavy atom. The highest BCUT2D eigenvalue weighted by Crippen LogP contribution is 2.23. The van der Waals surface area contributed by atoms with Gasteiger partial charge >= 0.3 is 5.97 Å². The number of hydrogen-bond donors (Lipinski definition) is 0. The summed E-state index contributed by atoms with van der Waals surface area (Å²) in [5.74, 6) is -0.664. The number of rotatable bonds is 7. The molecule has 25 heavy (non-hydrogen) atoms. The van der Waals surface area contributed by atoms with Crippen LogP contribution in [-0.2, 0) is 16.0 Å². The molecule has 0 unspecified atom stereocenters. The second kappa shape index (κ2) is 7.98. The molecule has 0 saturated heterocycles. The molecule has 0 saturated carbocycles. The Labute approximate surface area is 149 Å². The van der Waals surface area contributed by atoms with E-state index in [4.69, 9.17) is 9.15 Å². The second-order valence-corrected chi connectivity index (χ2v) is 6.30. The summed E-state index contributed by atoms with van der Waals surface area (Å²) in [4.78, 5) is 28.1. The number of aryl methyl sites for hydroxylation is 1. The fourth-order valence-electron chi connectivity index (χ4n) is 2.23. The molecular formula is C19H17NO4S. The van der Waals surface area contributed by atoms with Gasteiger partial charge in [-0.1, -0.05) is 55.1 Å². The molecule has 5 nitrogen and oxygen atoms in total. The molecule has 0 aliphatic heterocycles. The van der Waals surface area contributed by atoms with Crippen molar-refractivity contribution in [1.82, 2.24) is 4.98 Å². The van der Waals surface area contributed by atoms with Gasteiger partial charge in [0.15, 0.2) is 18.0 Å². The van der Waals surface area contributed by atoms with Crippen LogP contribution in [-0.4, -0.2) is 29.1 Å². The van der Waals surface area contributed by atoms with Gasteiger partial charge in [-0.3, -0.25) is 9.59 Å². The van der Waals surface area contributed by atoms with Gasteiger partial charge in [0.1, 0.15) is 11.3 Å². The Morgan fingerprint density at radius 3 is 2.60 bits per heavy atom. The molecule has 0 aliphatic rings. The van der Waals surface area contributed by atoms with Crippen LogP contribution >= 0.6 is 11.8 Å². The van der Waals surface area contributed by atoms with Crippen molar-refractivity contribution in [2.75, 3.05) is 12.4 Å². The number of hydrogen-bond acceptors (Lipinski definition) is 6. The van der Waals surface area contributed by atoms with Crippen LogP contribution in [0.25, 0.3) is 11.1 Å². The molecule has 2 aromatic carbocycles. The molecule has 3 aromatic rings. The molecular weight excluding hydrogens is 338 g/mol. The molecule has 6 heteroatoms. The molecule has 0 spiro atoms. The molecule has 0 radical (unpaired) electrons. The first-order valence-electron chi connectivity index (χ1n) is 7.92. The van der Waals surface area contributed by atoms with E-state index in [0.29, 0.717) is 16.4 Å². The predicted molar refractivity (Wildman–Crippen MR) is 95.8 cm³/mol. The van der Waals surface area contributed by atoms with E-state index in [1.807, 2.05) is 43.3 Å². The van der Waals surface area contributed by atoms with Crippen LogP contribution in [0.15, 0.2) is 58.2 Å². The zero-order valence-electron chi connectivity index (χ0n) is 13.7. The van der Waals surface area contributed by atoms with E-state index in [1.165, 1.54) is 0 Å². The Kier molecular flexibility index (Phi) is 5.50. The number of fused-ring (bicyclic) bond motifs is 1. The minimum Gasteiger partial charge on any atom is -0.457 e. The first kappa shape index (κ1) is 17.2. The van der Waals surface area contributed by atoms with E-state index in [9.17, 15) is 9.59 Å². The van der Waals surface area contributed by atoms with Gasteiger partial charge in [0.2, 0.25) is 0 Å². The maximum absolute atomic E-state index is 12.0. The number of ketones is 1. The number of ether oxygens (including phenoxy) is 1. The Hall–Kier alpha value is -2.60. The fraction of sp³-hybridized carbons (Fsp3) is 0.211. The monoisotopic (exact) mass is 355 g/mol. The number of Topliss-reactive ketones (excluding diaryl/α,β-unsaturated/α-hetero) is 1. The molecule has 0 aliphatic carbocycles.